The SMILES string of the molecule is COc1ccc(-c2cc3ncccc3c(NCCCN)n2)cc1. The highest BCUT2D eigenvalue weighted by Crippen LogP contribution is 2.27. The van der Waals surface area contributed by atoms with Gasteiger partial charge in [-0.15, -0.1) is 0 Å². The second-order valence-electron chi connectivity index (χ2n) is 5.22. The van der Waals surface area contributed by atoms with Gasteiger partial charge in [-0.1, -0.05) is 0 Å². The lowest BCUT2D eigenvalue weighted by atomic mass is 10.1. The summed E-state index contributed by atoms with van der Waals surface area (Å²) in [5, 5.41) is 4.38. The fourth-order valence-corrected chi connectivity index (χ4v) is 2.43. The molecule has 5 heteroatoms. The van der Waals surface area contributed by atoms with Crippen molar-refractivity contribution in [2.75, 3.05) is 25.5 Å². The van der Waals surface area contributed by atoms with Gasteiger partial charge in [-0.05, 0) is 55.4 Å². The van der Waals surface area contributed by atoms with Gasteiger partial charge in [0.1, 0.15) is 11.6 Å². The molecule has 0 fully saturated rings. The van der Waals surface area contributed by atoms with Gasteiger partial charge in [-0.3, -0.25) is 4.98 Å². The fourth-order valence-electron chi connectivity index (χ4n) is 2.43. The summed E-state index contributed by atoms with van der Waals surface area (Å²) in [7, 11) is 1.66. The zero-order valence-corrected chi connectivity index (χ0v) is 13.1. The first-order chi connectivity index (χ1) is 11.3. The van der Waals surface area contributed by atoms with Crippen LogP contribution in [-0.2, 0) is 0 Å². The molecule has 0 saturated carbocycles. The minimum atomic E-state index is 0.654. The van der Waals surface area contributed by atoms with Crippen molar-refractivity contribution in [1.82, 2.24) is 9.97 Å². The van der Waals surface area contributed by atoms with E-state index in [9.17, 15) is 0 Å². The number of nitrogens with two attached hydrogens (primary N) is 1. The first kappa shape index (κ1) is 15.2. The third-order valence-electron chi connectivity index (χ3n) is 3.66. The zero-order chi connectivity index (χ0) is 16.1. The lowest BCUT2D eigenvalue weighted by Crippen LogP contribution is -2.10. The number of nitrogens with one attached hydrogen (secondary N) is 1. The van der Waals surface area contributed by atoms with Gasteiger partial charge >= 0.3 is 0 Å². The Balaban J connectivity index is 2.02. The van der Waals surface area contributed by atoms with Crippen LogP contribution in [0.1, 0.15) is 6.42 Å². The van der Waals surface area contributed by atoms with E-state index in [1.54, 1.807) is 13.3 Å². The average Bonchev–Trinajstić information content (AvgIpc) is 2.62. The van der Waals surface area contributed by atoms with E-state index in [-0.39, 0.29) is 0 Å². The second kappa shape index (κ2) is 7.07. The largest absolute Gasteiger partial charge is 0.497 e. The number of pyridine rings is 2. The van der Waals surface area contributed by atoms with Gasteiger partial charge in [-0.2, -0.15) is 0 Å². The summed E-state index contributed by atoms with van der Waals surface area (Å²) in [5.41, 5.74) is 8.40. The number of aromatic nitrogens is 2. The minimum Gasteiger partial charge on any atom is -0.497 e. The number of fused-ring (bicyclic) bond motifs is 1. The van der Waals surface area contributed by atoms with Crippen LogP contribution in [0.15, 0.2) is 48.7 Å². The molecule has 0 spiro atoms. The third kappa shape index (κ3) is 3.40. The highest BCUT2D eigenvalue weighted by Gasteiger charge is 2.08. The van der Waals surface area contributed by atoms with Crippen molar-refractivity contribution in [3.05, 3.63) is 48.7 Å². The Morgan fingerprint density at radius 1 is 1.17 bits per heavy atom. The van der Waals surface area contributed by atoms with E-state index < -0.39 is 0 Å². The van der Waals surface area contributed by atoms with Crippen LogP contribution in [0.4, 0.5) is 5.82 Å². The van der Waals surface area contributed by atoms with E-state index in [1.165, 1.54) is 0 Å². The minimum absolute atomic E-state index is 0.654. The Kier molecular flexibility index (Phi) is 4.68. The lowest BCUT2D eigenvalue weighted by molar-refractivity contribution is 0.415. The Labute approximate surface area is 135 Å². The first-order valence-electron chi connectivity index (χ1n) is 7.66. The fraction of sp³-hybridized carbons (Fsp3) is 0.222. The summed E-state index contributed by atoms with van der Waals surface area (Å²) in [6.07, 6.45) is 2.69. The van der Waals surface area contributed by atoms with Gasteiger partial charge in [0.2, 0.25) is 0 Å². The molecule has 0 amide bonds. The molecule has 3 aromatic rings. The molecule has 0 radical (unpaired) electrons. The van der Waals surface area contributed by atoms with Gasteiger partial charge in [0.05, 0.1) is 18.3 Å². The quantitative estimate of drug-likeness (QED) is 0.685. The van der Waals surface area contributed by atoms with E-state index in [1.807, 2.05) is 42.5 Å². The van der Waals surface area contributed by atoms with Gasteiger partial charge < -0.3 is 15.8 Å². The van der Waals surface area contributed by atoms with Crippen LogP contribution in [0.3, 0.4) is 0 Å². The van der Waals surface area contributed by atoms with Crippen molar-refractivity contribution in [2.45, 2.75) is 6.42 Å². The molecule has 0 aliphatic heterocycles. The molecule has 0 aliphatic carbocycles. The number of ether oxygens (including phenoxy) is 1. The number of hydrogen-bond donors (Lipinski definition) is 2. The molecule has 0 aliphatic rings. The molecule has 2 aromatic heterocycles. The highest BCUT2D eigenvalue weighted by molar-refractivity contribution is 5.91. The van der Waals surface area contributed by atoms with Gasteiger partial charge in [0, 0.05) is 23.7 Å². The number of rotatable bonds is 6. The van der Waals surface area contributed by atoms with Crippen LogP contribution in [0.5, 0.6) is 5.75 Å². The zero-order valence-electron chi connectivity index (χ0n) is 13.1. The van der Waals surface area contributed by atoms with Crippen LogP contribution >= 0.6 is 0 Å². The number of anilines is 1. The normalized spacial score (nSPS) is 10.7. The standard InChI is InChI=1S/C18H20N4O/c1-23-14-7-5-13(6-8-14)16-12-17-15(4-2-10-20-17)18(22-16)21-11-3-9-19/h2,4-8,10,12H,3,9,11,19H2,1H3,(H,21,22). The van der Waals surface area contributed by atoms with Gasteiger partial charge in [-0.25, -0.2) is 4.98 Å². The summed E-state index contributed by atoms with van der Waals surface area (Å²) in [5.74, 6) is 1.67. The monoisotopic (exact) mass is 308 g/mol. The second-order valence-corrected chi connectivity index (χ2v) is 5.22. The van der Waals surface area contributed by atoms with Crippen LogP contribution in [0, 0.1) is 0 Å². The summed E-state index contributed by atoms with van der Waals surface area (Å²) < 4.78 is 5.21. The maximum absolute atomic E-state index is 5.57. The van der Waals surface area contributed by atoms with E-state index in [2.05, 4.69) is 10.3 Å². The molecular formula is C18H20N4O. The van der Waals surface area contributed by atoms with Gasteiger partial charge in [0.15, 0.2) is 0 Å². The number of hydrogen-bond acceptors (Lipinski definition) is 5. The highest BCUT2D eigenvalue weighted by atomic mass is 16.5. The molecule has 0 bridgehead atoms. The number of benzene rings is 1. The molecule has 0 atom stereocenters. The van der Waals surface area contributed by atoms with Crippen LogP contribution < -0.4 is 15.8 Å². The molecule has 1 aromatic carbocycles. The van der Waals surface area contributed by atoms with Crippen LogP contribution in [0.25, 0.3) is 22.2 Å². The topological polar surface area (TPSA) is 73.1 Å². The molecule has 0 saturated heterocycles. The molecule has 3 N–H and O–H groups in total. The average molecular weight is 308 g/mol. The van der Waals surface area contributed by atoms with Crippen molar-refractivity contribution in [3.8, 4) is 17.0 Å². The Hall–Kier alpha value is -2.66. The lowest BCUT2D eigenvalue weighted by Gasteiger charge is -2.11. The van der Waals surface area contributed by atoms with Gasteiger partial charge in [0.25, 0.3) is 0 Å². The summed E-state index contributed by atoms with van der Waals surface area (Å²) in [6, 6.07) is 13.8. The molecule has 3 rings (SSSR count). The van der Waals surface area contributed by atoms with Crippen LogP contribution in [-0.4, -0.2) is 30.2 Å². The molecule has 5 nitrogen and oxygen atoms in total. The Morgan fingerprint density at radius 2 is 2.00 bits per heavy atom. The smallest absolute Gasteiger partial charge is 0.136 e. The summed E-state index contributed by atoms with van der Waals surface area (Å²) >= 11 is 0. The number of nitrogens with zero attached hydrogens (tertiary/aromatic N) is 2. The predicted molar refractivity (Wildman–Crippen MR) is 93.7 cm³/mol. The van der Waals surface area contributed by atoms with Crippen LogP contribution in [0.2, 0.25) is 0 Å². The molecule has 2 heterocycles. The maximum atomic E-state index is 5.57. The molecule has 23 heavy (non-hydrogen) atoms. The van der Waals surface area contributed by atoms with E-state index >= 15 is 0 Å². The third-order valence-corrected chi connectivity index (χ3v) is 3.66. The van der Waals surface area contributed by atoms with Crippen molar-refractivity contribution in [3.63, 3.8) is 0 Å². The first-order valence-corrected chi connectivity index (χ1v) is 7.66. The van der Waals surface area contributed by atoms with E-state index in [0.29, 0.717) is 6.54 Å². The predicted octanol–water partition coefficient (Wildman–Crippen LogP) is 3.07. The summed E-state index contributed by atoms with van der Waals surface area (Å²) in [6.45, 7) is 1.45. The van der Waals surface area contributed by atoms with Crippen molar-refractivity contribution >= 4 is 16.7 Å². The maximum Gasteiger partial charge on any atom is 0.136 e. The van der Waals surface area contributed by atoms with E-state index in [4.69, 9.17) is 15.5 Å². The summed E-state index contributed by atoms with van der Waals surface area (Å²) in [4.78, 5) is 9.23. The molecule has 0 unspecified atom stereocenters. The Bertz CT molecular complexity index is 787. The molecular weight excluding hydrogens is 288 g/mol. The van der Waals surface area contributed by atoms with Crippen molar-refractivity contribution < 1.29 is 4.74 Å². The van der Waals surface area contributed by atoms with Crippen molar-refractivity contribution in [2.24, 2.45) is 5.73 Å². The van der Waals surface area contributed by atoms with E-state index in [0.717, 1.165) is 46.7 Å². The Morgan fingerprint density at radius 3 is 2.74 bits per heavy atom. The van der Waals surface area contributed by atoms with Crippen molar-refractivity contribution in [1.29, 1.82) is 0 Å². The number of methoxy groups -OCH3 is 1. The molecule has 118 valence electrons.